The van der Waals surface area contributed by atoms with Gasteiger partial charge >= 0.3 is 0 Å². The topological polar surface area (TPSA) is 21.3 Å². The van der Waals surface area contributed by atoms with E-state index >= 15 is 0 Å². The largest absolute Gasteiger partial charge is 0.383 e. The third-order valence-electron chi connectivity index (χ3n) is 2.58. The minimum atomic E-state index is 0.396. The normalized spacial score (nSPS) is 20.0. The fraction of sp³-hybridized carbons (Fsp3) is 0.455. The van der Waals surface area contributed by atoms with E-state index in [1.165, 1.54) is 5.56 Å². The second-order valence-electron chi connectivity index (χ2n) is 3.61. The van der Waals surface area contributed by atoms with E-state index in [4.69, 9.17) is 16.3 Å². The molecule has 14 heavy (non-hydrogen) atoms. The highest BCUT2D eigenvalue weighted by Gasteiger charge is 2.18. The number of aryl methyl sites for hydroxylation is 1. The molecule has 1 aromatic carbocycles. The zero-order valence-electron chi connectivity index (χ0n) is 8.22. The van der Waals surface area contributed by atoms with Gasteiger partial charge in [0.25, 0.3) is 0 Å². The van der Waals surface area contributed by atoms with Crippen LogP contribution in [0.5, 0.6) is 0 Å². The standard InChI is InChI=1S/C11H14ClNO/c1-14-7-9-6-5-8-3-2-4-10(12)11(8)13-9/h2-4,9,13H,5-7H2,1H3. The van der Waals surface area contributed by atoms with E-state index in [1.807, 2.05) is 12.1 Å². The lowest BCUT2D eigenvalue weighted by molar-refractivity contribution is 0.182. The van der Waals surface area contributed by atoms with Crippen LogP contribution in [0.1, 0.15) is 12.0 Å². The number of fused-ring (bicyclic) bond motifs is 1. The average molecular weight is 212 g/mol. The Kier molecular flexibility index (Phi) is 2.94. The molecule has 0 saturated carbocycles. The SMILES string of the molecule is COCC1CCc2cccc(Cl)c2N1. The summed E-state index contributed by atoms with van der Waals surface area (Å²) in [5.41, 5.74) is 2.40. The lowest BCUT2D eigenvalue weighted by atomic mass is 9.98. The Morgan fingerprint density at radius 1 is 1.57 bits per heavy atom. The summed E-state index contributed by atoms with van der Waals surface area (Å²) in [4.78, 5) is 0. The van der Waals surface area contributed by atoms with Gasteiger partial charge in [0.05, 0.1) is 17.3 Å². The highest BCUT2D eigenvalue weighted by atomic mass is 35.5. The molecule has 2 nitrogen and oxygen atoms in total. The number of hydrogen-bond acceptors (Lipinski definition) is 2. The number of para-hydroxylation sites is 1. The molecule has 0 radical (unpaired) electrons. The van der Waals surface area contributed by atoms with Crippen molar-refractivity contribution in [1.29, 1.82) is 0 Å². The summed E-state index contributed by atoms with van der Waals surface area (Å²) in [6.45, 7) is 0.741. The summed E-state index contributed by atoms with van der Waals surface area (Å²) in [7, 11) is 1.73. The van der Waals surface area contributed by atoms with E-state index in [1.54, 1.807) is 7.11 Å². The quantitative estimate of drug-likeness (QED) is 0.812. The predicted octanol–water partition coefficient (Wildman–Crippen LogP) is 2.71. The number of halogens is 1. The molecule has 0 bridgehead atoms. The molecule has 0 spiro atoms. The third-order valence-corrected chi connectivity index (χ3v) is 2.89. The molecular weight excluding hydrogens is 198 g/mol. The Hall–Kier alpha value is -0.730. The van der Waals surface area contributed by atoms with Gasteiger partial charge in [-0.15, -0.1) is 0 Å². The fourth-order valence-corrected chi connectivity index (χ4v) is 2.12. The molecule has 0 aromatic heterocycles. The van der Waals surface area contributed by atoms with Crippen LogP contribution in [0.2, 0.25) is 5.02 Å². The lowest BCUT2D eigenvalue weighted by Crippen LogP contribution is -2.29. The number of anilines is 1. The van der Waals surface area contributed by atoms with Crippen molar-refractivity contribution in [3.8, 4) is 0 Å². The molecule has 0 saturated heterocycles. The Bertz CT molecular complexity index is 327. The number of rotatable bonds is 2. The van der Waals surface area contributed by atoms with Crippen LogP contribution in [0.3, 0.4) is 0 Å². The summed E-state index contributed by atoms with van der Waals surface area (Å²) < 4.78 is 5.13. The van der Waals surface area contributed by atoms with Crippen molar-refractivity contribution in [1.82, 2.24) is 0 Å². The minimum absolute atomic E-state index is 0.396. The number of ether oxygens (including phenoxy) is 1. The van der Waals surface area contributed by atoms with E-state index in [0.717, 1.165) is 30.2 Å². The van der Waals surface area contributed by atoms with Gasteiger partial charge in [0.2, 0.25) is 0 Å². The second-order valence-corrected chi connectivity index (χ2v) is 4.02. The van der Waals surface area contributed by atoms with E-state index in [0.29, 0.717) is 6.04 Å². The number of hydrogen-bond donors (Lipinski definition) is 1. The van der Waals surface area contributed by atoms with Gasteiger partial charge in [0.15, 0.2) is 0 Å². The number of methoxy groups -OCH3 is 1. The summed E-state index contributed by atoms with van der Waals surface area (Å²) in [5.74, 6) is 0. The Morgan fingerprint density at radius 3 is 3.21 bits per heavy atom. The average Bonchev–Trinajstić information content (AvgIpc) is 2.20. The molecule has 1 N–H and O–H groups in total. The summed E-state index contributed by atoms with van der Waals surface area (Å²) in [5, 5.41) is 4.22. The van der Waals surface area contributed by atoms with Crippen molar-refractivity contribution in [3.05, 3.63) is 28.8 Å². The number of nitrogens with one attached hydrogen (secondary N) is 1. The van der Waals surface area contributed by atoms with Gasteiger partial charge in [0.1, 0.15) is 0 Å². The Balaban J connectivity index is 2.20. The maximum absolute atomic E-state index is 6.10. The van der Waals surface area contributed by atoms with Gasteiger partial charge in [-0.1, -0.05) is 23.7 Å². The van der Waals surface area contributed by atoms with Crippen LogP contribution >= 0.6 is 11.6 Å². The number of benzene rings is 1. The van der Waals surface area contributed by atoms with Crippen LogP contribution in [0.4, 0.5) is 5.69 Å². The highest BCUT2D eigenvalue weighted by Crippen LogP contribution is 2.31. The van der Waals surface area contributed by atoms with Gasteiger partial charge in [-0.2, -0.15) is 0 Å². The first-order valence-electron chi connectivity index (χ1n) is 4.84. The molecule has 1 atom stereocenters. The molecule has 0 amide bonds. The van der Waals surface area contributed by atoms with E-state index in [2.05, 4.69) is 11.4 Å². The van der Waals surface area contributed by atoms with Gasteiger partial charge < -0.3 is 10.1 Å². The Labute approximate surface area is 89.2 Å². The van der Waals surface area contributed by atoms with Crippen molar-refractivity contribution in [2.45, 2.75) is 18.9 Å². The summed E-state index contributed by atoms with van der Waals surface area (Å²) >= 11 is 6.10. The van der Waals surface area contributed by atoms with Crippen LogP contribution in [-0.4, -0.2) is 19.8 Å². The first kappa shape index (κ1) is 9.81. The first-order chi connectivity index (χ1) is 6.81. The van der Waals surface area contributed by atoms with Crippen molar-refractivity contribution >= 4 is 17.3 Å². The molecule has 1 unspecified atom stereocenters. The van der Waals surface area contributed by atoms with Crippen LogP contribution in [0.15, 0.2) is 18.2 Å². The predicted molar refractivity (Wildman–Crippen MR) is 59.1 cm³/mol. The zero-order chi connectivity index (χ0) is 9.97. The van der Waals surface area contributed by atoms with Crippen LogP contribution < -0.4 is 5.32 Å². The first-order valence-corrected chi connectivity index (χ1v) is 5.22. The van der Waals surface area contributed by atoms with Crippen LogP contribution in [0.25, 0.3) is 0 Å². The molecule has 1 heterocycles. The highest BCUT2D eigenvalue weighted by molar-refractivity contribution is 6.33. The van der Waals surface area contributed by atoms with Crippen LogP contribution in [-0.2, 0) is 11.2 Å². The van der Waals surface area contributed by atoms with E-state index in [-0.39, 0.29) is 0 Å². The monoisotopic (exact) mass is 211 g/mol. The van der Waals surface area contributed by atoms with Gasteiger partial charge in [0, 0.05) is 13.2 Å². The maximum atomic E-state index is 6.10. The molecule has 1 aliphatic rings. The molecule has 2 rings (SSSR count). The van der Waals surface area contributed by atoms with Gasteiger partial charge in [-0.3, -0.25) is 0 Å². The molecule has 76 valence electrons. The lowest BCUT2D eigenvalue weighted by Gasteiger charge is -2.27. The summed E-state index contributed by atoms with van der Waals surface area (Å²) in [6, 6.07) is 6.44. The Morgan fingerprint density at radius 2 is 2.43 bits per heavy atom. The molecule has 3 heteroatoms. The zero-order valence-corrected chi connectivity index (χ0v) is 8.97. The van der Waals surface area contributed by atoms with Crippen molar-refractivity contribution < 1.29 is 4.74 Å². The van der Waals surface area contributed by atoms with E-state index < -0.39 is 0 Å². The third kappa shape index (κ3) is 1.86. The molecule has 0 fully saturated rings. The molecule has 1 aromatic rings. The van der Waals surface area contributed by atoms with Crippen LogP contribution in [0, 0.1) is 0 Å². The molecule has 1 aliphatic heterocycles. The second kappa shape index (κ2) is 4.20. The van der Waals surface area contributed by atoms with Crippen molar-refractivity contribution in [2.24, 2.45) is 0 Å². The van der Waals surface area contributed by atoms with E-state index in [9.17, 15) is 0 Å². The van der Waals surface area contributed by atoms with Crippen molar-refractivity contribution in [2.75, 3.05) is 19.0 Å². The van der Waals surface area contributed by atoms with Gasteiger partial charge in [-0.25, -0.2) is 0 Å². The fourth-order valence-electron chi connectivity index (χ4n) is 1.87. The maximum Gasteiger partial charge on any atom is 0.0664 e. The van der Waals surface area contributed by atoms with Gasteiger partial charge in [-0.05, 0) is 24.5 Å². The molecule has 0 aliphatic carbocycles. The smallest absolute Gasteiger partial charge is 0.0664 e. The summed E-state index contributed by atoms with van der Waals surface area (Å²) in [6.07, 6.45) is 2.19. The minimum Gasteiger partial charge on any atom is -0.383 e. The van der Waals surface area contributed by atoms with Crippen molar-refractivity contribution in [3.63, 3.8) is 0 Å². The molecular formula is C11H14ClNO.